The van der Waals surface area contributed by atoms with Crippen molar-refractivity contribution >= 4 is 38.9 Å². The number of nitrogens with zero attached hydrogens (tertiary/aromatic N) is 2. The maximum absolute atomic E-state index is 12.3. The molecule has 9 heteroatoms. The molecule has 1 saturated heterocycles. The Hall–Kier alpha value is -0.670. The molecule has 0 aromatic carbocycles. The first-order chi connectivity index (χ1) is 12.3. The van der Waals surface area contributed by atoms with Crippen LogP contribution in [0.5, 0.6) is 0 Å². The smallest absolute Gasteiger partial charge is 0.252 e. The Kier molecular flexibility index (Phi) is 8.35. The van der Waals surface area contributed by atoms with Crippen molar-refractivity contribution in [3.8, 4) is 0 Å². The summed E-state index contributed by atoms with van der Waals surface area (Å²) in [5.41, 5.74) is 0. The lowest BCUT2D eigenvalue weighted by atomic mass is 9.99. The number of hydrogen-bond donors (Lipinski definition) is 1. The van der Waals surface area contributed by atoms with Gasteiger partial charge in [0.25, 0.3) is 10.0 Å². The van der Waals surface area contributed by atoms with Crippen LogP contribution in [0.3, 0.4) is 0 Å². The minimum absolute atomic E-state index is 0.147. The number of likely N-dealkylation sites (N-methyl/N-ethyl adjacent to an activating group) is 1. The van der Waals surface area contributed by atoms with E-state index in [1.54, 1.807) is 0 Å². The lowest BCUT2D eigenvalue weighted by molar-refractivity contribution is -0.121. The summed E-state index contributed by atoms with van der Waals surface area (Å²) in [5, 5.41) is 2.80. The Labute approximate surface area is 165 Å². The van der Waals surface area contributed by atoms with Gasteiger partial charge in [-0.15, -0.1) is 11.3 Å². The van der Waals surface area contributed by atoms with Gasteiger partial charge in [-0.3, -0.25) is 4.79 Å². The van der Waals surface area contributed by atoms with E-state index >= 15 is 0 Å². The van der Waals surface area contributed by atoms with E-state index in [2.05, 4.69) is 17.1 Å². The largest absolute Gasteiger partial charge is 0.355 e. The summed E-state index contributed by atoms with van der Waals surface area (Å²) in [5.74, 6) is 0.550. The van der Waals surface area contributed by atoms with E-state index in [9.17, 15) is 13.2 Å². The summed E-state index contributed by atoms with van der Waals surface area (Å²) in [6.07, 6.45) is 4.48. The van der Waals surface area contributed by atoms with Crippen molar-refractivity contribution in [2.24, 2.45) is 5.92 Å². The molecule has 1 aromatic rings. The van der Waals surface area contributed by atoms with Crippen LogP contribution in [0.1, 0.15) is 32.6 Å². The van der Waals surface area contributed by atoms with E-state index in [1.807, 2.05) is 0 Å². The fraction of sp³-hybridized carbons (Fsp3) is 0.706. The minimum Gasteiger partial charge on any atom is -0.355 e. The monoisotopic (exact) mass is 421 g/mol. The molecular weight excluding hydrogens is 394 g/mol. The Morgan fingerprint density at radius 1 is 1.35 bits per heavy atom. The van der Waals surface area contributed by atoms with Gasteiger partial charge >= 0.3 is 0 Å². The molecule has 0 spiro atoms. The van der Waals surface area contributed by atoms with Crippen molar-refractivity contribution in [3.63, 3.8) is 0 Å². The third kappa shape index (κ3) is 6.49. The number of carbonyl (C=O) groups excluding carboxylic acids is 1. The third-order valence-corrected chi connectivity index (χ3v) is 8.18. The number of likely N-dealkylation sites (tertiary alicyclic amines) is 1. The quantitative estimate of drug-likeness (QED) is 0.622. The summed E-state index contributed by atoms with van der Waals surface area (Å²) in [7, 11) is -2.26. The van der Waals surface area contributed by atoms with E-state index in [-0.39, 0.29) is 16.7 Å². The molecule has 1 amide bonds. The van der Waals surface area contributed by atoms with Gasteiger partial charge in [-0.25, -0.2) is 8.42 Å². The molecular formula is C17H28ClN3O3S2. The van der Waals surface area contributed by atoms with Gasteiger partial charge in [-0.05, 0) is 63.4 Å². The van der Waals surface area contributed by atoms with Crippen LogP contribution in [0, 0.1) is 5.92 Å². The van der Waals surface area contributed by atoms with Crippen LogP contribution in [0.15, 0.2) is 16.3 Å². The molecule has 148 valence electrons. The molecule has 1 fully saturated rings. The Morgan fingerprint density at radius 3 is 2.65 bits per heavy atom. The number of unbranched alkanes of at least 4 members (excludes halogenated alkanes) is 1. The van der Waals surface area contributed by atoms with Crippen molar-refractivity contribution in [1.29, 1.82) is 0 Å². The molecule has 1 aliphatic rings. The standard InChI is InChI=1S/C17H28ClN3O3S2/c1-14-7-11-21(12-8-14)10-4-3-9-19-16(22)13-20(2)26(23,24)17-6-5-15(18)25-17/h5-6,14H,3-4,7-13H2,1-2H3,(H,19,22). The first-order valence-electron chi connectivity index (χ1n) is 9.00. The number of piperidine rings is 1. The molecule has 1 N–H and O–H groups in total. The van der Waals surface area contributed by atoms with Crippen LogP contribution < -0.4 is 5.32 Å². The number of sulfonamides is 1. The number of rotatable bonds is 9. The second-order valence-electron chi connectivity index (χ2n) is 6.90. The summed E-state index contributed by atoms with van der Waals surface area (Å²) >= 11 is 6.78. The van der Waals surface area contributed by atoms with Crippen molar-refractivity contribution in [2.45, 2.75) is 36.8 Å². The number of amides is 1. The lowest BCUT2D eigenvalue weighted by Crippen LogP contribution is -2.38. The minimum atomic E-state index is -3.67. The van der Waals surface area contributed by atoms with Crippen LogP contribution in [-0.2, 0) is 14.8 Å². The van der Waals surface area contributed by atoms with Gasteiger partial charge in [0.05, 0.1) is 10.9 Å². The van der Waals surface area contributed by atoms with Crippen LogP contribution in [0.25, 0.3) is 0 Å². The highest BCUT2D eigenvalue weighted by Gasteiger charge is 2.24. The summed E-state index contributed by atoms with van der Waals surface area (Å²) in [4.78, 5) is 14.5. The number of halogens is 1. The van der Waals surface area contributed by atoms with Crippen molar-refractivity contribution < 1.29 is 13.2 Å². The molecule has 0 unspecified atom stereocenters. The van der Waals surface area contributed by atoms with Crippen LogP contribution >= 0.6 is 22.9 Å². The van der Waals surface area contributed by atoms with Gasteiger partial charge in [0.1, 0.15) is 4.21 Å². The van der Waals surface area contributed by atoms with Crippen molar-refractivity contribution in [2.75, 3.05) is 39.8 Å². The Morgan fingerprint density at radius 2 is 2.04 bits per heavy atom. The average molecular weight is 422 g/mol. The number of carbonyl (C=O) groups is 1. The van der Waals surface area contributed by atoms with Gasteiger partial charge < -0.3 is 10.2 Å². The average Bonchev–Trinajstić information content (AvgIpc) is 3.03. The van der Waals surface area contributed by atoms with Gasteiger partial charge in [0.2, 0.25) is 5.91 Å². The molecule has 26 heavy (non-hydrogen) atoms. The zero-order chi connectivity index (χ0) is 19.2. The fourth-order valence-corrected chi connectivity index (χ4v) is 5.73. The summed E-state index contributed by atoms with van der Waals surface area (Å²) < 4.78 is 26.3. The number of thiophene rings is 1. The molecule has 0 saturated carbocycles. The maximum atomic E-state index is 12.3. The van der Waals surface area contributed by atoms with E-state index in [0.29, 0.717) is 10.9 Å². The summed E-state index contributed by atoms with van der Waals surface area (Å²) in [6.45, 7) is 6.09. The number of nitrogens with one attached hydrogen (secondary N) is 1. The second kappa shape index (κ2) is 10.0. The van der Waals surface area contributed by atoms with Gasteiger partial charge in [-0.2, -0.15) is 4.31 Å². The van der Waals surface area contributed by atoms with E-state index in [1.165, 1.54) is 45.1 Å². The molecule has 2 rings (SSSR count). The molecule has 1 aromatic heterocycles. The molecule has 0 atom stereocenters. The van der Waals surface area contributed by atoms with Crippen LogP contribution in [0.4, 0.5) is 0 Å². The van der Waals surface area contributed by atoms with Crippen molar-refractivity contribution in [1.82, 2.24) is 14.5 Å². The zero-order valence-corrected chi connectivity index (χ0v) is 17.8. The highest BCUT2D eigenvalue weighted by Crippen LogP contribution is 2.27. The maximum Gasteiger partial charge on any atom is 0.252 e. The topological polar surface area (TPSA) is 69.7 Å². The molecule has 0 aliphatic carbocycles. The van der Waals surface area contributed by atoms with Gasteiger partial charge in [0, 0.05) is 13.6 Å². The van der Waals surface area contributed by atoms with E-state index in [4.69, 9.17) is 11.6 Å². The van der Waals surface area contributed by atoms with Crippen LogP contribution in [-0.4, -0.2) is 63.3 Å². The summed E-state index contributed by atoms with van der Waals surface area (Å²) in [6, 6.07) is 2.99. The van der Waals surface area contributed by atoms with Crippen LogP contribution in [0.2, 0.25) is 4.34 Å². The molecule has 0 bridgehead atoms. The first kappa shape index (κ1) is 21.6. The zero-order valence-electron chi connectivity index (χ0n) is 15.4. The van der Waals surface area contributed by atoms with Gasteiger partial charge in [0.15, 0.2) is 0 Å². The number of hydrogen-bond acceptors (Lipinski definition) is 5. The SMILES string of the molecule is CC1CCN(CCCCNC(=O)CN(C)S(=O)(=O)c2ccc(Cl)s2)CC1. The predicted octanol–water partition coefficient (Wildman–Crippen LogP) is 2.65. The predicted molar refractivity (Wildman–Crippen MR) is 106 cm³/mol. The molecule has 2 heterocycles. The van der Waals surface area contributed by atoms with E-state index < -0.39 is 10.0 Å². The second-order valence-corrected chi connectivity index (χ2v) is 10.9. The van der Waals surface area contributed by atoms with Crippen molar-refractivity contribution in [3.05, 3.63) is 16.5 Å². The third-order valence-electron chi connectivity index (χ3n) is 4.68. The highest BCUT2D eigenvalue weighted by atomic mass is 35.5. The first-order valence-corrected chi connectivity index (χ1v) is 11.6. The molecule has 0 radical (unpaired) electrons. The normalized spacial score (nSPS) is 16.9. The Balaban J connectivity index is 1.64. The molecule has 6 nitrogen and oxygen atoms in total. The van der Waals surface area contributed by atoms with E-state index in [0.717, 1.165) is 40.9 Å². The highest BCUT2D eigenvalue weighted by molar-refractivity contribution is 7.91. The fourth-order valence-electron chi connectivity index (χ4n) is 2.91. The van der Waals surface area contributed by atoms with Gasteiger partial charge in [-0.1, -0.05) is 18.5 Å². The molecule has 1 aliphatic heterocycles. The lowest BCUT2D eigenvalue weighted by Gasteiger charge is -2.30. The Bertz CT molecular complexity index is 685.